The molecule has 0 bridgehead atoms. The van der Waals surface area contributed by atoms with E-state index in [4.69, 9.17) is 14.2 Å². The molecule has 92 valence electrons. The molecule has 0 amide bonds. The van der Waals surface area contributed by atoms with Gasteiger partial charge in [-0.05, 0) is 12.1 Å². The SMILES string of the molecule is COC1CS[C@@H](COC(=O)c2ccccc2)O1. The van der Waals surface area contributed by atoms with Gasteiger partial charge >= 0.3 is 5.97 Å². The highest BCUT2D eigenvalue weighted by Gasteiger charge is 2.26. The number of carbonyl (C=O) groups excluding carboxylic acids is 1. The summed E-state index contributed by atoms with van der Waals surface area (Å²) in [6.07, 6.45) is -0.194. The van der Waals surface area contributed by atoms with Crippen LogP contribution in [0.1, 0.15) is 10.4 Å². The van der Waals surface area contributed by atoms with Crippen molar-refractivity contribution in [2.24, 2.45) is 0 Å². The minimum atomic E-state index is -0.323. The molecule has 2 atom stereocenters. The Hall–Kier alpha value is -1.04. The second-order valence-electron chi connectivity index (χ2n) is 3.53. The van der Waals surface area contributed by atoms with E-state index in [1.807, 2.05) is 6.07 Å². The van der Waals surface area contributed by atoms with E-state index in [9.17, 15) is 4.79 Å². The average Bonchev–Trinajstić information content (AvgIpc) is 2.85. The molecule has 0 aromatic heterocycles. The Morgan fingerprint density at radius 1 is 1.47 bits per heavy atom. The topological polar surface area (TPSA) is 44.8 Å². The molecule has 0 aliphatic carbocycles. The first kappa shape index (κ1) is 12.4. The third kappa shape index (κ3) is 3.46. The van der Waals surface area contributed by atoms with Crippen LogP contribution in [-0.4, -0.2) is 37.2 Å². The second kappa shape index (κ2) is 6.05. The van der Waals surface area contributed by atoms with Gasteiger partial charge in [-0.15, -0.1) is 11.8 Å². The van der Waals surface area contributed by atoms with Crippen LogP contribution in [0.3, 0.4) is 0 Å². The zero-order chi connectivity index (χ0) is 12.1. The van der Waals surface area contributed by atoms with Gasteiger partial charge in [0.2, 0.25) is 0 Å². The summed E-state index contributed by atoms with van der Waals surface area (Å²) in [4.78, 5) is 11.6. The fourth-order valence-electron chi connectivity index (χ4n) is 1.45. The molecule has 0 N–H and O–H groups in total. The minimum Gasteiger partial charge on any atom is -0.458 e. The average molecular weight is 254 g/mol. The highest BCUT2D eigenvalue weighted by atomic mass is 32.2. The summed E-state index contributed by atoms with van der Waals surface area (Å²) in [5.41, 5.74) is 0.423. The van der Waals surface area contributed by atoms with E-state index in [0.29, 0.717) is 5.56 Å². The molecule has 4 nitrogen and oxygen atoms in total. The minimum absolute atomic E-state index is 0.132. The van der Waals surface area contributed by atoms with Crippen LogP contribution >= 0.6 is 11.8 Å². The standard InChI is InChI=1S/C12H14O4S/c1-14-10-8-17-11(16-10)7-15-12(13)9-5-3-2-4-6-9/h2-6,10-11H,7-8H2,1H3/t10?,11-/m0/s1. The summed E-state index contributed by atoms with van der Waals surface area (Å²) in [6, 6.07) is 8.92. The number of benzene rings is 1. The number of hydrogen-bond donors (Lipinski definition) is 0. The fraction of sp³-hybridized carbons (Fsp3) is 0.417. The molecule has 1 aliphatic heterocycles. The number of ether oxygens (including phenoxy) is 3. The van der Waals surface area contributed by atoms with Crippen LogP contribution < -0.4 is 0 Å². The van der Waals surface area contributed by atoms with Crippen molar-refractivity contribution in [2.45, 2.75) is 11.7 Å². The normalized spacial score (nSPS) is 23.6. The van der Waals surface area contributed by atoms with Gasteiger partial charge in [-0.2, -0.15) is 0 Å². The van der Waals surface area contributed by atoms with Crippen molar-refractivity contribution in [3.8, 4) is 0 Å². The lowest BCUT2D eigenvalue weighted by Crippen LogP contribution is -2.19. The van der Waals surface area contributed by atoms with E-state index in [1.54, 1.807) is 43.1 Å². The van der Waals surface area contributed by atoms with Gasteiger partial charge < -0.3 is 14.2 Å². The molecule has 1 aromatic rings. The first-order chi connectivity index (χ1) is 8.29. The van der Waals surface area contributed by atoms with Crippen molar-refractivity contribution < 1.29 is 19.0 Å². The quantitative estimate of drug-likeness (QED) is 0.768. The maximum atomic E-state index is 11.6. The zero-order valence-electron chi connectivity index (χ0n) is 9.50. The number of hydrogen-bond acceptors (Lipinski definition) is 5. The molecule has 17 heavy (non-hydrogen) atoms. The lowest BCUT2D eigenvalue weighted by atomic mass is 10.2. The van der Waals surface area contributed by atoms with Gasteiger partial charge in [0, 0.05) is 12.9 Å². The van der Waals surface area contributed by atoms with Crippen LogP contribution in [0.25, 0.3) is 0 Å². The van der Waals surface area contributed by atoms with Crippen LogP contribution in [0.2, 0.25) is 0 Å². The van der Waals surface area contributed by atoms with E-state index in [0.717, 1.165) is 5.75 Å². The number of rotatable bonds is 4. The van der Waals surface area contributed by atoms with E-state index >= 15 is 0 Å². The van der Waals surface area contributed by atoms with Crippen LogP contribution in [0.5, 0.6) is 0 Å². The Bertz CT molecular complexity index is 368. The molecule has 5 heteroatoms. The predicted molar refractivity (Wildman–Crippen MR) is 64.9 cm³/mol. The molecular formula is C12H14O4S. The first-order valence-electron chi connectivity index (χ1n) is 5.31. The number of esters is 1. The molecule has 0 radical (unpaired) electrons. The smallest absolute Gasteiger partial charge is 0.338 e. The maximum absolute atomic E-state index is 11.6. The van der Waals surface area contributed by atoms with Crippen molar-refractivity contribution in [1.29, 1.82) is 0 Å². The van der Waals surface area contributed by atoms with Crippen molar-refractivity contribution in [1.82, 2.24) is 0 Å². The van der Waals surface area contributed by atoms with Gasteiger partial charge in [0.15, 0.2) is 6.29 Å². The lowest BCUT2D eigenvalue weighted by Gasteiger charge is -2.11. The molecule has 2 rings (SSSR count). The van der Waals surface area contributed by atoms with Gasteiger partial charge in [-0.1, -0.05) is 18.2 Å². The molecular weight excluding hydrogens is 240 g/mol. The molecule has 1 unspecified atom stereocenters. The third-order valence-corrected chi connectivity index (χ3v) is 3.43. The Balaban J connectivity index is 1.78. The number of thioether (sulfide) groups is 1. The maximum Gasteiger partial charge on any atom is 0.338 e. The van der Waals surface area contributed by atoms with Crippen molar-refractivity contribution in [3.63, 3.8) is 0 Å². The monoisotopic (exact) mass is 254 g/mol. The van der Waals surface area contributed by atoms with E-state index in [1.165, 1.54) is 0 Å². The van der Waals surface area contributed by atoms with Gasteiger partial charge in [0.05, 0.1) is 5.56 Å². The van der Waals surface area contributed by atoms with Crippen LogP contribution in [0.15, 0.2) is 30.3 Å². The Labute approximate surface area is 104 Å². The Kier molecular flexibility index (Phi) is 4.42. The van der Waals surface area contributed by atoms with E-state index in [2.05, 4.69) is 0 Å². The molecule has 1 aromatic carbocycles. The van der Waals surface area contributed by atoms with E-state index < -0.39 is 0 Å². The van der Waals surface area contributed by atoms with Crippen LogP contribution in [0.4, 0.5) is 0 Å². The van der Waals surface area contributed by atoms with Crippen molar-refractivity contribution >= 4 is 17.7 Å². The zero-order valence-corrected chi connectivity index (χ0v) is 10.3. The van der Waals surface area contributed by atoms with E-state index in [-0.39, 0.29) is 24.3 Å². The Morgan fingerprint density at radius 2 is 2.24 bits per heavy atom. The van der Waals surface area contributed by atoms with Gasteiger partial charge in [-0.3, -0.25) is 0 Å². The number of carbonyl (C=O) groups is 1. The summed E-state index contributed by atoms with van der Waals surface area (Å²) in [6.45, 7) is 0.248. The molecule has 0 saturated carbocycles. The summed E-state index contributed by atoms with van der Waals surface area (Å²) >= 11 is 1.59. The van der Waals surface area contributed by atoms with Gasteiger partial charge in [0.25, 0.3) is 0 Å². The third-order valence-electron chi connectivity index (χ3n) is 2.34. The predicted octanol–water partition coefficient (Wildman–Crippen LogP) is 1.91. The Morgan fingerprint density at radius 3 is 2.88 bits per heavy atom. The van der Waals surface area contributed by atoms with Crippen molar-refractivity contribution in [3.05, 3.63) is 35.9 Å². The molecule has 1 heterocycles. The molecule has 1 fully saturated rings. The number of methoxy groups -OCH3 is 1. The fourth-order valence-corrected chi connectivity index (χ4v) is 2.40. The second-order valence-corrected chi connectivity index (χ2v) is 4.72. The lowest BCUT2D eigenvalue weighted by molar-refractivity contribution is -0.114. The van der Waals surface area contributed by atoms with Crippen LogP contribution in [-0.2, 0) is 14.2 Å². The van der Waals surface area contributed by atoms with Gasteiger partial charge in [-0.25, -0.2) is 4.79 Å². The van der Waals surface area contributed by atoms with Crippen LogP contribution in [0, 0.1) is 0 Å². The summed E-state index contributed by atoms with van der Waals surface area (Å²) in [5, 5.41) is 0. The first-order valence-corrected chi connectivity index (χ1v) is 6.36. The molecule has 0 spiro atoms. The highest BCUT2D eigenvalue weighted by molar-refractivity contribution is 8.00. The molecule has 1 aliphatic rings. The summed E-state index contributed by atoms with van der Waals surface area (Å²) in [7, 11) is 1.60. The van der Waals surface area contributed by atoms with Gasteiger partial charge in [0.1, 0.15) is 12.0 Å². The largest absolute Gasteiger partial charge is 0.458 e. The summed E-state index contributed by atoms with van der Waals surface area (Å²) < 4.78 is 15.7. The summed E-state index contributed by atoms with van der Waals surface area (Å²) in [5.74, 6) is 0.444. The van der Waals surface area contributed by atoms with Crippen molar-refractivity contribution in [2.75, 3.05) is 19.5 Å². The highest BCUT2D eigenvalue weighted by Crippen LogP contribution is 2.25. The molecule has 1 saturated heterocycles.